The van der Waals surface area contributed by atoms with Crippen molar-refractivity contribution in [3.8, 4) is 12.3 Å². The summed E-state index contributed by atoms with van der Waals surface area (Å²) < 4.78 is 0. The van der Waals surface area contributed by atoms with Gasteiger partial charge in [-0.1, -0.05) is 56.0 Å². The van der Waals surface area contributed by atoms with E-state index in [1.165, 1.54) is 18.4 Å². The lowest BCUT2D eigenvalue weighted by atomic mass is 9.97. The van der Waals surface area contributed by atoms with Crippen molar-refractivity contribution in [3.63, 3.8) is 0 Å². The average Bonchev–Trinajstić information content (AvgIpc) is 2.35. The molecule has 0 heterocycles. The third-order valence-corrected chi connectivity index (χ3v) is 2.94. The lowest BCUT2D eigenvalue weighted by Gasteiger charge is -2.28. The molecule has 1 nitrogen and oxygen atoms in total. The fraction of sp³-hybridized carbons (Fsp3) is 0.500. The highest BCUT2D eigenvalue weighted by Gasteiger charge is 2.20. The molecule has 0 aliphatic rings. The molecule has 17 heavy (non-hydrogen) atoms. The number of rotatable bonds is 6. The van der Waals surface area contributed by atoms with E-state index < -0.39 is 0 Å². The van der Waals surface area contributed by atoms with Crippen LogP contribution in [-0.2, 0) is 0 Å². The van der Waals surface area contributed by atoms with E-state index in [-0.39, 0.29) is 5.54 Å². The zero-order chi connectivity index (χ0) is 12.7. The van der Waals surface area contributed by atoms with Crippen molar-refractivity contribution < 1.29 is 0 Å². The van der Waals surface area contributed by atoms with Crippen molar-refractivity contribution in [2.45, 2.75) is 51.6 Å². The smallest absolute Gasteiger partial charge is 0.0745 e. The van der Waals surface area contributed by atoms with Crippen LogP contribution in [-0.4, -0.2) is 5.54 Å². The molecule has 0 aliphatic heterocycles. The molecule has 1 N–H and O–H groups in total. The minimum absolute atomic E-state index is 0.256. The Hall–Kier alpha value is -1.26. The van der Waals surface area contributed by atoms with Gasteiger partial charge in [0.1, 0.15) is 0 Å². The largest absolute Gasteiger partial charge is 0.295 e. The molecular formula is C16H23N. The van der Waals surface area contributed by atoms with Crippen LogP contribution in [0.4, 0.5) is 0 Å². The molecule has 1 unspecified atom stereocenters. The van der Waals surface area contributed by atoms with E-state index in [1.807, 2.05) is 6.07 Å². The van der Waals surface area contributed by atoms with Crippen LogP contribution in [0.2, 0.25) is 0 Å². The molecule has 0 saturated carbocycles. The van der Waals surface area contributed by atoms with Crippen LogP contribution < -0.4 is 5.32 Å². The predicted molar refractivity (Wildman–Crippen MR) is 74.8 cm³/mol. The van der Waals surface area contributed by atoms with Crippen molar-refractivity contribution in [3.05, 3.63) is 35.9 Å². The molecule has 1 heteroatoms. The van der Waals surface area contributed by atoms with Gasteiger partial charge in [0.2, 0.25) is 0 Å². The molecule has 0 aromatic heterocycles. The fourth-order valence-corrected chi connectivity index (χ4v) is 1.89. The third kappa shape index (κ3) is 4.63. The van der Waals surface area contributed by atoms with Gasteiger partial charge in [0.15, 0.2) is 0 Å². The summed E-state index contributed by atoms with van der Waals surface area (Å²) in [6, 6.07) is 10.9. The molecule has 1 aromatic rings. The van der Waals surface area contributed by atoms with Gasteiger partial charge in [0.05, 0.1) is 5.54 Å². The van der Waals surface area contributed by atoms with Crippen LogP contribution >= 0.6 is 0 Å². The minimum atomic E-state index is -0.256. The van der Waals surface area contributed by atoms with Crippen LogP contribution in [0.1, 0.15) is 51.6 Å². The normalized spacial score (nSPS) is 13.1. The highest BCUT2D eigenvalue weighted by Crippen LogP contribution is 2.22. The van der Waals surface area contributed by atoms with Crippen molar-refractivity contribution in [2.24, 2.45) is 0 Å². The number of nitrogens with one attached hydrogen (secondary N) is 1. The third-order valence-electron chi connectivity index (χ3n) is 2.94. The van der Waals surface area contributed by atoms with Gasteiger partial charge in [0, 0.05) is 6.04 Å². The Labute approximate surface area is 106 Å². The first-order chi connectivity index (χ1) is 8.09. The quantitative estimate of drug-likeness (QED) is 0.729. The first-order valence-electron chi connectivity index (χ1n) is 6.39. The van der Waals surface area contributed by atoms with Crippen molar-refractivity contribution in [1.29, 1.82) is 0 Å². The van der Waals surface area contributed by atoms with Crippen molar-refractivity contribution >= 4 is 0 Å². The predicted octanol–water partition coefficient (Wildman–Crippen LogP) is 3.92. The number of hydrogen-bond donors (Lipinski definition) is 1. The Bertz CT molecular complexity index is 359. The lowest BCUT2D eigenvalue weighted by molar-refractivity contribution is 0.387. The fourth-order valence-electron chi connectivity index (χ4n) is 1.89. The van der Waals surface area contributed by atoms with Gasteiger partial charge in [-0.15, -0.1) is 6.42 Å². The molecular weight excluding hydrogens is 206 g/mol. The van der Waals surface area contributed by atoms with E-state index in [0.29, 0.717) is 6.04 Å². The average molecular weight is 229 g/mol. The number of terminal acetylenes is 1. The van der Waals surface area contributed by atoms with Crippen LogP contribution in [0, 0.1) is 12.3 Å². The summed E-state index contributed by atoms with van der Waals surface area (Å²) in [4.78, 5) is 0. The van der Waals surface area contributed by atoms with Gasteiger partial charge >= 0.3 is 0 Å². The first kappa shape index (κ1) is 13.8. The summed E-state index contributed by atoms with van der Waals surface area (Å²) in [6.07, 6.45) is 9.10. The van der Waals surface area contributed by atoms with E-state index in [9.17, 15) is 0 Å². The van der Waals surface area contributed by atoms with E-state index in [0.717, 1.165) is 6.42 Å². The van der Waals surface area contributed by atoms with Gasteiger partial charge in [0.25, 0.3) is 0 Å². The number of hydrogen-bond acceptors (Lipinski definition) is 1. The zero-order valence-electron chi connectivity index (χ0n) is 11.2. The second-order valence-corrected chi connectivity index (χ2v) is 5.02. The van der Waals surface area contributed by atoms with Gasteiger partial charge in [-0.3, -0.25) is 5.32 Å². The molecule has 1 aromatic carbocycles. The molecule has 0 aliphatic carbocycles. The Morgan fingerprint density at radius 1 is 1.29 bits per heavy atom. The first-order valence-corrected chi connectivity index (χ1v) is 6.39. The maximum Gasteiger partial charge on any atom is 0.0745 e. The van der Waals surface area contributed by atoms with Crippen LogP contribution in [0.25, 0.3) is 0 Å². The molecule has 0 fully saturated rings. The zero-order valence-corrected chi connectivity index (χ0v) is 11.2. The Kier molecular flexibility index (Phi) is 5.25. The molecule has 0 bridgehead atoms. The van der Waals surface area contributed by atoms with Gasteiger partial charge < -0.3 is 0 Å². The Morgan fingerprint density at radius 2 is 1.94 bits per heavy atom. The second kappa shape index (κ2) is 6.47. The highest BCUT2D eigenvalue weighted by molar-refractivity contribution is 5.21. The Morgan fingerprint density at radius 3 is 2.47 bits per heavy atom. The summed E-state index contributed by atoms with van der Waals surface area (Å²) in [7, 11) is 0. The number of unbranched alkanes of at least 4 members (excludes halogenated alkanes) is 1. The number of benzene rings is 1. The SMILES string of the molecule is C#CC(C)(C)NC(CCCC)c1ccccc1. The standard InChI is InChI=1S/C16H23N/c1-5-7-13-15(17-16(3,4)6-2)14-11-9-8-10-12-14/h2,8-12,15,17H,5,7,13H2,1,3-4H3. The maximum atomic E-state index is 5.55. The molecule has 92 valence electrons. The monoisotopic (exact) mass is 229 g/mol. The summed E-state index contributed by atoms with van der Waals surface area (Å²) in [5, 5.41) is 3.56. The summed E-state index contributed by atoms with van der Waals surface area (Å²) in [5.74, 6) is 2.81. The van der Waals surface area contributed by atoms with Crippen LogP contribution in [0.5, 0.6) is 0 Å². The summed E-state index contributed by atoms with van der Waals surface area (Å²) >= 11 is 0. The van der Waals surface area contributed by atoms with E-state index in [1.54, 1.807) is 0 Å². The van der Waals surface area contributed by atoms with Crippen LogP contribution in [0.3, 0.4) is 0 Å². The topological polar surface area (TPSA) is 12.0 Å². The van der Waals surface area contributed by atoms with Crippen molar-refractivity contribution in [2.75, 3.05) is 0 Å². The molecule has 0 spiro atoms. The van der Waals surface area contributed by atoms with Crippen molar-refractivity contribution in [1.82, 2.24) is 5.32 Å². The molecule has 1 atom stereocenters. The summed E-state index contributed by atoms with van der Waals surface area (Å²) in [5.41, 5.74) is 1.07. The van der Waals surface area contributed by atoms with Gasteiger partial charge in [-0.05, 0) is 25.8 Å². The highest BCUT2D eigenvalue weighted by atomic mass is 15.0. The van der Waals surface area contributed by atoms with Crippen LogP contribution in [0.15, 0.2) is 30.3 Å². The molecule has 0 amide bonds. The van der Waals surface area contributed by atoms with E-state index in [2.05, 4.69) is 56.3 Å². The maximum absolute atomic E-state index is 5.55. The van der Waals surface area contributed by atoms with E-state index in [4.69, 9.17) is 6.42 Å². The second-order valence-electron chi connectivity index (χ2n) is 5.02. The Balaban J connectivity index is 2.78. The van der Waals surface area contributed by atoms with Gasteiger partial charge in [-0.25, -0.2) is 0 Å². The lowest BCUT2D eigenvalue weighted by Crippen LogP contribution is -2.40. The molecule has 1 rings (SSSR count). The minimum Gasteiger partial charge on any atom is -0.295 e. The van der Waals surface area contributed by atoms with E-state index >= 15 is 0 Å². The molecule has 0 radical (unpaired) electrons. The summed E-state index contributed by atoms with van der Waals surface area (Å²) in [6.45, 7) is 6.32. The molecule has 0 saturated heterocycles. The van der Waals surface area contributed by atoms with Gasteiger partial charge in [-0.2, -0.15) is 0 Å².